The van der Waals surface area contributed by atoms with Crippen LogP contribution in [0.25, 0.3) is 0 Å². The van der Waals surface area contributed by atoms with Gasteiger partial charge in [-0.3, -0.25) is 10.00 Å². The summed E-state index contributed by atoms with van der Waals surface area (Å²) in [5.41, 5.74) is 1.33. The lowest BCUT2D eigenvalue weighted by Crippen LogP contribution is -2.61. The normalized spacial score (nSPS) is 28.5. The number of likely N-dealkylation sites (tertiary alicyclic amines) is 1. The molecule has 0 aromatic carbocycles. The van der Waals surface area contributed by atoms with E-state index in [1.54, 1.807) is 14.1 Å². The number of hydrogen-bond donors (Lipinski definition) is 2. The molecule has 27 heavy (non-hydrogen) atoms. The van der Waals surface area contributed by atoms with Crippen LogP contribution in [-0.4, -0.2) is 83.1 Å². The number of aromatic nitrogens is 2. The molecule has 2 fully saturated rings. The van der Waals surface area contributed by atoms with Crippen LogP contribution in [0.4, 0.5) is 0 Å². The third kappa shape index (κ3) is 4.22. The quantitative estimate of drug-likeness (QED) is 0.780. The molecule has 0 saturated carbocycles. The van der Waals surface area contributed by atoms with Crippen molar-refractivity contribution in [2.75, 3.05) is 40.3 Å². The molecule has 0 spiro atoms. The summed E-state index contributed by atoms with van der Waals surface area (Å²) >= 11 is 0. The predicted octanol–water partition coefficient (Wildman–Crippen LogP) is 0.772. The number of nitrogens with one attached hydrogen (secondary N) is 1. The Labute approximate surface area is 162 Å². The van der Waals surface area contributed by atoms with Crippen LogP contribution < -0.4 is 0 Å². The van der Waals surface area contributed by atoms with E-state index < -0.39 is 15.8 Å². The summed E-state index contributed by atoms with van der Waals surface area (Å²) in [7, 11) is -0.346. The van der Waals surface area contributed by atoms with E-state index in [2.05, 4.69) is 41.9 Å². The first-order chi connectivity index (χ1) is 12.4. The van der Waals surface area contributed by atoms with E-state index in [0.29, 0.717) is 32.5 Å². The third-order valence-corrected chi connectivity index (χ3v) is 7.81. The molecule has 2 atom stereocenters. The number of piperidine rings is 2. The lowest BCUT2D eigenvalue weighted by Gasteiger charge is -2.50. The summed E-state index contributed by atoms with van der Waals surface area (Å²) in [6.45, 7) is 9.36. The third-order valence-electron chi connectivity index (χ3n) is 5.90. The van der Waals surface area contributed by atoms with Crippen LogP contribution >= 0.6 is 0 Å². The summed E-state index contributed by atoms with van der Waals surface area (Å²) in [6, 6.07) is 2.10. The maximum Gasteiger partial charge on any atom is 0.281 e. The molecule has 1 aromatic heterocycles. The van der Waals surface area contributed by atoms with Gasteiger partial charge in [-0.15, -0.1) is 0 Å². The van der Waals surface area contributed by atoms with Crippen molar-refractivity contribution in [2.45, 2.75) is 51.2 Å². The van der Waals surface area contributed by atoms with E-state index in [-0.39, 0.29) is 11.3 Å². The summed E-state index contributed by atoms with van der Waals surface area (Å²) in [4.78, 5) is 2.28. The average molecular weight is 400 g/mol. The first-order valence-electron chi connectivity index (χ1n) is 9.59. The minimum Gasteiger partial charge on any atom is -0.389 e. The standard InChI is InChI=1S/C18H33N5O3S/c1-17(2,3)16-10-15(19-20-16)13-22-8-6-18(24)7-9-23(12-14(18)11-22)27(25,26)21(4)5/h10,14,24H,6-9,11-13H2,1-5H3,(H,19,20)/t14-,18-/m1/s1. The number of hydrogen-bond acceptors (Lipinski definition) is 5. The molecule has 2 saturated heterocycles. The van der Waals surface area contributed by atoms with Crippen LogP contribution in [-0.2, 0) is 22.2 Å². The molecule has 0 radical (unpaired) electrons. The largest absolute Gasteiger partial charge is 0.389 e. The number of H-pyrrole nitrogens is 1. The lowest BCUT2D eigenvalue weighted by molar-refractivity contribution is -0.103. The number of aliphatic hydroxyl groups is 1. The van der Waals surface area contributed by atoms with Crippen molar-refractivity contribution in [1.82, 2.24) is 23.7 Å². The highest BCUT2D eigenvalue weighted by molar-refractivity contribution is 7.86. The van der Waals surface area contributed by atoms with Crippen molar-refractivity contribution >= 4 is 10.2 Å². The molecule has 0 aliphatic carbocycles. The van der Waals surface area contributed by atoms with Crippen LogP contribution in [0.5, 0.6) is 0 Å². The monoisotopic (exact) mass is 399 g/mol. The number of aromatic amines is 1. The molecule has 3 rings (SSSR count). The van der Waals surface area contributed by atoms with Gasteiger partial charge in [0.2, 0.25) is 0 Å². The Bertz CT molecular complexity index is 770. The highest BCUT2D eigenvalue weighted by Crippen LogP contribution is 2.37. The van der Waals surface area contributed by atoms with Crippen molar-refractivity contribution in [2.24, 2.45) is 5.92 Å². The van der Waals surface area contributed by atoms with Crippen molar-refractivity contribution < 1.29 is 13.5 Å². The molecule has 0 unspecified atom stereocenters. The number of nitrogens with zero attached hydrogens (tertiary/aromatic N) is 4. The Morgan fingerprint density at radius 1 is 1.30 bits per heavy atom. The van der Waals surface area contributed by atoms with E-state index >= 15 is 0 Å². The summed E-state index contributed by atoms with van der Waals surface area (Å²) in [6.07, 6.45) is 1.17. The van der Waals surface area contributed by atoms with Crippen molar-refractivity contribution in [3.05, 3.63) is 17.5 Å². The Kier molecular flexibility index (Phi) is 5.46. The molecule has 0 amide bonds. The van der Waals surface area contributed by atoms with E-state index in [4.69, 9.17) is 0 Å². The van der Waals surface area contributed by atoms with Gasteiger partial charge in [-0.25, -0.2) is 0 Å². The van der Waals surface area contributed by atoms with Gasteiger partial charge in [0.1, 0.15) is 0 Å². The lowest BCUT2D eigenvalue weighted by atomic mass is 9.76. The smallest absolute Gasteiger partial charge is 0.281 e. The highest BCUT2D eigenvalue weighted by atomic mass is 32.2. The Morgan fingerprint density at radius 2 is 1.96 bits per heavy atom. The second kappa shape index (κ2) is 7.11. The second-order valence-electron chi connectivity index (χ2n) is 9.21. The molecule has 2 aliphatic rings. The van der Waals surface area contributed by atoms with Crippen LogP contribution in [0, 0.1) is 5.92 Å². The van der Waals surface area contributed by atoms with E-state index in [9.17, 15) is 13.5 Å². The summed E-state index contributed by atoms with van der Waals surface area (Å²) in [5, 5.41) is 18.6. The molecular weight excluding hydrogens is 366 g/mol. The number of rotatable bonds is 4. The zero-order valence-electron chi connectivity index (χ0n) is 17.1. The van der Waals surface area contributed by atoms with Crippen LogP contribution in [0.15, 0.2) is 6.07 Å². The molecule has 3 heterocycles. The summed E-state index contributed by atoms with van der Waals surface area (Å²) < 4.78 is 27.7. The molecule has 154 valence electrons. The minimum absolute atomic E-state index is 0.00130. The summed E-state index contributed by atoms with van der Waals surface area (Å²) in [5.74, 6) is -0.0836. The fourth-order valence-electron chi connectivity index (χ4n) is 3.99. The highest BCUT2D eigenvalue weighted by Gasteiger charge is 2.47. The van der Waals surface area contributed by atoms with Gasteiger partial charge in [0.05, 0.1) is 11.3 Å². The van der Waals surface area contributed by atoms with Crippen molar-refractivity contribution in [1.29, 1.82) is 0 Å². The molecule has 0 bridgehead atoms. The second-order valence-corrected chi connectivity index (χ2v) is 11.4. The zero-order chi connectivity index (χ0) is 20.0. The van der Waals surface area contributed by atoms with E-state index in [1.807, 2.05) is 0 Å². The minimum atomic E-state index is -3.45. The van der Waals surface area contributed by atoms with Crippen molar-refractivity contribution in [3.63, 3.8) is 0 Å². The van der Waals surface area contributed by atoms with Crippen LogP contribution in [0.3, 0.4) is 0 Å². The predicted molar refractivity (Wildman–Crippen MR) is 104 cm³/mol. The Balaban J connectivity index is 1.68. The van der Waals surface area contributed by atoms with Gasteiger partial charge in [-0.1, -0.05) is 20.8 Å². The van der Waals surface area contributed by atoms with E-state index in [1.165, 1.54) is 8.61 Å². The Hall–Kier alpha value is -1.00. The van der Waals surface area contributed by atoms with Crippen LogP contribution in [0.1, 0.15) is 45.0 Å². The van der Waals surface area contributed by atoms with Gasteiger partial charge >= 0.3 is 0 Å². The van der Waals surface area contributed by atoms with E-state index in [0.717, 1.165) is 24.5 Å². The fraction of sp³-hybridized carbons (Fsp3) is 0.833. The van der Waals surface area contributed by atoms with Crippen LogP contribution in [0.2, 0.25) is 0 Å². The van der Waals surface area contributed by atoms with Gasteiger partial charge in [-0.2, -0.15) is 22.1 Å². The zero-order valence-corrected chi connectivity index (χ0v) is 17.9. The van der Waals surface area contributed by atoms with Gasteiger partial charge in [-0.05, 0) is 18.9 Å². The maximum absolute atomic E-state index is 12.5. The van der Waals surface area contributed by atoms with Gasteiger partial charge in [0.25, 0.3) is 10.2 Å². The maximum atomic E-state index is 12.5. The van der Waals surface area contributed by atoms with Gasteiger partial charge in [0.15, 0.2) is 0 Å². The van der Waals surface area contributed by atoms with Crippen molar-refractivity contribution in [3.8, 4) is 0 Å². The number of fused-ring (bicyclic) bond motifs is 1. The Morgan fingerprint density at radius 3 is 2.56 bits per heavy atom. The molecule has 2 N–H and O–H groups in total. The topological polar surface area (TPSA) is 92.8 Å². The molecular formula is C18H33N5O3S. The van der Waals surface area contributed by atoms with Gasteiger partial charge in [0, 0.05) is 63.8 Å². The fourth-order valence-corrected chi connectivity index (χ4v) is 5.14. The molecule has 8 nitrogen and oxygen atoms in total. The molecule has 9 heteroatoms. The SMILES string of the molecule is CN(C)S(=O)(=O)N1CC[C@]2(O)CCN(Cc3cc(C(C)(C)C)n[nH]3)C[C@@H]2C1. The first-order valence-corrected chi connectivity index (χ1v) is 11.0. The molecule has 1 aromatic rings. The first kappa shape index (κ1) is 20.7. The average Bonchev–Trinajstić information content (AvgIpc) is 3.03. The molecule has 2 aliphatic heterocycles. The van der Waals surface area contributed by atoms with Gasteiger partial charge < -0.3 is 5.11 Å².